The molecule has 1 heterocycles. The summed E-state index contributed by atoms with van der Waals surface area (Å²) in [6, 6.07) is 1.93. The van der Waals surface area contributed by atoms with E-state index < -0.39 is 6.10 Å². The van der Waals surface area contributed by atoms with Crippen LogP contribution in [0.4, 0.5) is 0 Å². The smallest absolute Gasteiger partial charge is 0.102 e. The zero-order chi connectivity index (χ0) is 13.7. The molecule has 19 heavy (non-hydrogen) atoms. The van der Waals surface area contributed by atoms with Crippen LogP contribution in [0.3, 0.4) is 0 Å². The molecule has 0 bridgehead atoms. The van der Waals surface area contributed by atoms with Crippen molar-refractivity contribution in [2.45, 2.75) is 64.5 Å². The summed E-state index contributed by atoms with van der Waals surface area (Å²) >= 11 is 0. The number of aliphatic hydroxyl groups is 1. The van der Waals surface area contributed by atoms with E-state index in [9.17, 15) is 5.11 Å². The number of nitrogens with two attached hydrogens (primary N) is 1. The van der Waals surface area contributed by atoms with E-state index >= 15 is 0 Å². The molecule has 1 unspecified atom stereocenters. The number of aryl methyl sites for hydroxylation is 1. The zero-order valence-electron chi connectivity index (χ0n) is 12.0. The first kappa shape index (κ1) is 14.5. The van der Waals surface area contributed by atoms with Crippen molar-refractivity contribution in [1.82, 2.24) is 9.78 Å². The molecule has 0 aromatic carbocycles. The minimum atomic E-state index is -0.488. The standard InChI is InChI=1S/C15H27N3O/c1-2-18-13(8-11-17-18)14(19)15(12-16)9-6-4-3-5-7-10-15/h8,11,14,19H,2-7,9-10,12,16H2,1H3. The Hall–Kier alpha value is -0.870. The van der Waals surface area contributed by atoms with E-state index in [1.807, 2.05) is 10.7 Å². The van der Waals surface area contributed by atoms with E-state index in [1.165, 1.54) is 32.1 Å². The van der Waals surface area contributed by atoms with Crippen molar-refractivity contribution in [2.24, 2.45) is 11.1 Å². The molecule has 0 aliphatic heterocycles. The highest BCUT2D eigenvalue weighted by atomic mass is 16.3. The summed E-state index contributed by atoms with van der Waals surface area (Å²) in [5, 5.41) is 15.1. The highest BCUT2D eigenvalue weighted by Gasteiger charge is 2.38. The second-order valence-electron chi connectivity index (χ2n) is 5.81. The Morgan fingerprint density at radius 3 is 2.53 bits per heavy atom. The average Bonchev–Trinajstić information content (AvgIpc) is 2.87. The van der Waals surface area contributed by atoms with Crippen molar-refractivity contribution in [3.63, 3.8) is 0 Å². The third-order valence-corrected chi connectivity index (χ3v) is 4.66. The predicted octanol–water partition coefficient (Wildman–Crippen LogP) is 2.63. The normalized spacial score (nSPS) is 21.6. The van der Waals surface area contributed by atoms with Gasteiger partial charge in [0.15, 0.2) is 0 Å². The maximum Gasteiger partial charge on any atom is 0.102 e. The maximum atomic E-state index is 10.9. The third-order valence-electron chi connectivity index (χ3n) is 4.66. The molecule has 1 aromatic heterocycles. The van der Waals surface area contributed by atoms with Crippen molar-refractivity contribution in [3.05, 3.63) is 18.0 Å². The number of aliphatic hydroxyl groups excluding tert-OH is 1. The van der Waals surface area contributed by atoms with Gasteiger partial charge in [0.2, 0.25) is 0 Å². The number of rotatable bonds is 4. The van der Waals surface area contributed by atoms with Crippen LogP contribution in [0.2, 0.25) is 0 Å². The van der Waals surface area contributed by atoms with E-state index in [1.54, 1.807) is 6.20 Å². The monoisotopic (exact) mass is 265 g/mol. The molecule has 0 amide bonds. The van der Waals surface area contributed by atoms with Gasteiger partial charge in [0.05, 0.1) is 5.69 Å². The van der Waals surface area contributed by atoms with Crippen LogP contribution in [0, 0.1) is 5.41 Å². The lowest BCUT2D eigenvalue weighted by Gasteiger charge is -2.38. The lowest BCUT2D eigenvalue weighted by molar-refractivity contribution is 0.00251. The summed E-state index contributed by atoms with van der Waals surface area (Å²) in [5.41, 5.74) is 6.83. The highest BCUT2D eigenvalue weighted by Crippen LogP contribution is 2.43. The van der Waals surface area contributed by atoms with Crippen LogP contribution in [0.25, 0.3) is 0 Å². The molecular weight excluding hydrogens is 238 g/mol. The topological polar surface area (TPSA) is 64.1 Å². The molecule has 1 saturated carbocycles. The Bertz CT molecular complexity index is 380. The summed E-state index contributed by atoms with van der Waals surface area (Å²) in [4.78, 5) is 0. The van der Waals surface area contributed by atoms with Crippen molar-refractivity contribution in [2.75, 3.05) is 6.54 Å². The zero-order valence-corrected chi connectivity index (χ0v) is 12.0. The van der Waals surface area contributed by atoms with Crippen molar-refractivity contribution < 1.29 is 5.11 Å². The van der Waals surface area contributed by atoms with Gasteiger partial charge in [-0.05, 0) is 25.8 Å². The molecule has 108 valence electrons. The number of hydrogen-bond acceptors (Lipinski definition) is 3. The summed E-state index contributed by atoms with van der Waals surface area (Å²) in [5.74, 6) is 0. The quantitative estimate of drug-likeness (QED) is 0.879. The first-order chi connectivity index (χ1) is 9.23. The van der Waals surface area contributed by atoms with Gasteiger partial charge in [-0.1, -0.05) is 32.1 Å². The van der Waals surface area contributed by atoms with Crippen LogP contribution in [-0.2, 0) is 6.54 Å². The van der Waals surface area contributed by atoms with E-state index in [2.05, 4.69) is 12.0 Å². The van der Waals surface area contributed by atoms with Gasteiger partial charge in [-0.25, -0.2) is 0 Å². The van der Waals surface area contributed by atoms with E-state index in [4.69, 9.17) is 5.73 Å². The molecule has 0 radical (unpaired) electrons. The van der Waals surface area contributed by atoms with E-state index in [0.29, 0.717) is 6.54 Å². The molecule has 1 atom stereocenters. The van der Waals surface area contributed by atoms with Crippen LogP contribution >= 0.6 is 0 Å². The molecule has 3 N–H and O–H groups in total. The summed E-state index contributed by atoms with van der Waals surface area (Å²) < 4.78 is 1.89. The molecule has 1 aromatic rings. The van der Waals surface area contributed by atoms with E-state index in [-0.39, 0.29) is 5.41 Å². The minimum absolute atomic E-state index is 0.159. The van der Waals surface area contributed by atoms with Crippen molar-refractivity contribution >= 4 is 0 Å². The number of hydrogen-bond donors (Lipinski definition) is 2. The van der Waals surface area contributed by atoms with Crippen molar-refractivity contribution in [3.8, 4) is 0 Å². The van der Waals surface area contributed by atoms with Crippen LogP contribution in [0.15, 0.2) is 12.3 Å². The van der Waals surface area contributed by atoms with Gasteiger partial charge >= 0.3 is 0 Å². The Morgan fingerprint density at radius 1 is 1.32 bits per heavy atom. The summed E-state index contributed by atoms with van der Waals surface area (Å²) in [7, 11) is 0. The number of nitrogens with zero attached hydrogens (tertiary/aromatic N) is 2. The molecule has 1 fully saturated rings. The second-order valence-corrected chi connectivity index (χ2v) is 5.81. The van der Waals surface area contributed by atoms with Crippen LogP contribution < -0.4 is 5.73 Å². The van der Waals surface area contributed by atoms with Gasteiger partial charge < -0.3 is 10.8 Å². The maximum absolute atomic E-state index is 10.9. The molecular formula is C15H27N3O. The fourth-order valence-corrected chi connectivity index (χ4v) is 3.35. The predicted molar refractivity (Wildman–Crippen MR) is 76.7 cm³/mol. The van der Waals surface area contributed by atoms with Gasteiger partial charge in [-0.15, -0.1) is 0 Å². The van der Waals surface area contributed by atoms with Gasteiger partial charge in [-0.2, -0.15) is 5.10 Å². The SMILES string of the molecule is CCn1nccc1C(O)C1(CN)CCCCCCC1. The fraction of sp³-hybridized carbons (Fsp3) is 0.800. The first-order valence-corrected chi connectivity index (χ1v) is 7.63. The molecule has 4 nitrogen and oxygen atoms in total. The van der Waals surface area contributed by atoms with Crippen LogP contribution in [0.5, 0.6) is 0 Å². The second kappa shape index (κ2) is 6.53. The van der Waals surface area contributed by atoms with E-state index in [0.717, 1.165) is 25.1 Å². The van der Waals surface area contributed by atoms with Gasteiger partial charge in [-0.3, -0.25) is 4.68 Å². The van der Waals surface area contributed by atoms with Crippen molar-refractivity contribution in [1.29, 1.82) is 0 Å². The lowest BCUT2D eigenvalue weighted by Crippen LogP contribution is -2.38. The van der Waals surface area contributed by atoms with Crippen LogP contribution in [0.1, 0.15) is 63.7 Å². The Balaban J connectivity index is 2.23. The Morgan fingerprint density at radius 2 is 1.95 bits per heavy atom. The largest absolute Gasteiger partial charge is 0.386 e. The molecule has 2 rings (SSSR count). The van der Waals surface area contributed by atoms with Crippen LogP contribution in [-0.4, -0.2) is 21.4 Å². The molecule has 0 spiro atoms. The molecule has 1 aliphatic rings. The molecule has 4 heteroatoms. The highest BCUT2D eigenvalue weighted by molar-refractivity contribution is 5.10. The Labute approximate surface area is 116 Å². The average molecular weight is 265 g/mol. The first-order valence-electron chi connectivity index (χ1n) is 7.63. The Kier molecular flexibility index (Phi) is 4.99. The third kappa shape index (κ3) is 3.00. The fourth-order valence-electron chi connectivity index (χ4n) is 3.35. The summed E-state index contributed by atoms with van der Waals surface area (Å²) in [6.07, 6.45) is 9.54. The molecule has 0 saturated heterocycles. The summed E-state index contributed by atoms with van der Waals surface area (Å²) in [6.45, 7) is 3.40. The molecule has 1 aliphatic carbocycles. The van der Waals surface area contributed by atoms with Gasteiger partial charge in [0, 0.05) is 24.7 Å². The number of aromatic nitrogens is 2. The minimum Gasteiger partial charge on any atom is -0.386 e. The lowest BCUT2D eigenvalue weighted by atomic mass is 9.71. The van der Waals surface area contributed by atoms with Gasteiger partial charge in [0.1, 0.15) is 6.10 Å². The van der Waals surface area contributed by atoms with Gasteiger partial charge in [0.25, 0.3) is 0 Å².